The number of piperidine rings is 1. The van der Waals surface area contributed by atoms with Gasteiger partial charge in [-0.15, -0.1) is 0 Å². The molecule has 30 heavy (non-hydrogen) atoms. The second kappa shape index (κ2) is 8.50. The van der Waals surface area contributed by atoms with Gasteiger partial charge in [0.25, 0.3) is 0 Å². The smallest absolute Gasteiger partial charge is 0.338 e. The number of aliphatic imine (C=N–C) groups is 1. The minimum atomic E-state index is -0.411. The Morgan fingerprint density at radius 3 is 2.77 bits per heavy atom. The standard InChI is InChI=1S/C22H19Cl2N3O3/c1-3-27-12-17(5-7-20(27)25-2)29-22(28)13-4-6-18-19(10-13)30-21(26-18)14-8-15(23)11-16(24)9-14/h3-4,6,8-11,17H,1,5,7,12H2,2H3. The summed E-state index contributed by atoms with van der Waals surface area (Å²) in [6, 6.07) is 10.1. The van der Waals surface area contributed by atoms with E-state index in [1.54, 1.807) is 49.6 Å². The number of rotatable bonds is 4. The third-order valence-electron chi connectivity index (χ3n) is 4.91. The molecule has 1 aliphatic rings. The van der Waals surface area contributed by atoms with Crippen LogP contribution < -0.4 is 0 Å². The average molecular weight is 444 g/mol. The number of hydrogen-bond donors (Lipinski definition) is 0. The Bertz CT molecular complexity index is 1140. The number of carbonyl (C=O) groups is 1. The van der Waals surface area contributed by atoms with Gasteiger partial charge in [-0.1, -0.05) is 29.8 Å². The summed E-state index contributed by atoms with van der Waals surface area (Å²) >= 11 is 12.1. The number of hydrogen-bond acceptors (Lipinski definition) is 5. The van der Waals surface area contributed by atoms with Crippen molar-refractivity contribution in [3.63, 3.8) is 0 Å². The Balaban J connectivity index is 1.53. The lowest BCUT2D eigenvalue weighted by molar-refractivity contribution is 0.0227. The van der Waals surface area contributed by atoms with E-state index in [0.29, 0.717) is 51.1 Å². The molecule has 1 saturated heterocycles. The minimum Gasteiger partial charge on any atom is -0.457 e. The van der Waals surface area contributed by atoms with Crippen molar-refractivity contribution in [1.82, 2.24) is 9.88 Å². The Morgan fingerprint density at radius 1 is 1.30 bits per heavy atom. The van der Waals surface area contributed by atoms with Crippen molar-refractivity contribution < 1.29 is 13.9 Å². The number of fused-ring (bicyclic) bond motifs is 1. The molecule has 1 aliphatic heterocycles. The summed E-state index contributed by atoms with van der Waals surface area (Å²) < 4.78 is 11.5. The number of likely N-dealkylation sites (tertiary alicyclic amines) is 1. The lowest BCUT2D eigenvalue weighted by Crippen LogP contribution is -2.41. The summed E-state index contributed by atoms with van der Waals surface area (Å²) in [5.74, 6) is 0.904. The molecular formula is C22H19Cl2N3O3. The fourth-order valence-corrected chi connectivity index (χ4v) is 3.96. The molecule has 1 atom stereocenters. The van der Waals surface area contributed by atoms with Crippen molar-refractivity contribution in [1.29, 1.82) is 0 Å². The first-order valence-electron chi connectivity index (χ1n) is 9.39. The molecule has 154 valence electrons. The molecule has 1 fully saturated rings. The van der Waals surface area contributed by atoms with Gasteiger partial charge in [-0.2, -0.15) is 0 Å². The molecule has 0 saturated carbocycles. The van der Waals surface area contributed by atoms with Crippen molar-refractivity contribution >= 4 is 46.1 Å². The highest BCUT2D eigenvalue weighted by molar-refractivity contribution is 6.35. The van der Waals surface area contributed by atoms with Gasteiger partial charge < -0.3 is 14.1 Å². The molecule has 2 heterocycles. The van der Waals surface area contributed by atoms with Gasteiger partial charge in [-0.25, -0.2) is 9.78 Å². The van der Waals surface area contributed by atoms with E-state index in [1.807, 2.05) is 4.90 Å². The maximum atomic E-state index is 12.7. The van der Waals surface area contributed by atoms with Crippen LogP contribution in [-0.2, 0) is 4.74 Å². The monoisotopic (exact) mass is 443 g/mol. The third kappa shape index (κ3) is 4.20. The van der Waals surface area contributed by atoms with Gasteiger partial charge in [-0.3, -0.25) is 4.99 Å². The van der Waals surface area contributed by atoms with Crippen molar-refractivity contribution in [2.45, 2.75) is 18.9 Å². The summed E-state index contributed by atoms with van der Waals surface area (Å²) in [6.07, 6.45) is 2.91. The van der Waals surface area contributed by atoms with E-state index in [1.165, 1.54) is 0 Å². The van der Waals surface area contributed by atoms with Gasteiger partial charge in [0.15, 0.2) is 5.58 Å². The van der Waals surface area contributed by atoms with E-state index in [0.717, 1.165) is 12.3 Å². The zero-order valence-corrected chi connectivity index (χ0v) is 17.8. The van der Waals surface area contributed by atoms with Crippen molar-refractivity contribution in [2.24, 2.45) is 4.99 Å². The number of oxazole rings is 1. The first-order chi connectivity index (χ1) is 14.5. The van der Waals surface area contributed by atoms with Crippen LogP contribution in [0.2, 0.25) is 10.0 Å². The first kappa shape index (κ1) is 20.4. The zero-order chi connectivity index (χ0) is 21.3. The molecule has 0 amide bonds. The number of carbonyl (C=O) groups excluding carboxylic acids is 1. The molecule has 1 aromatic heterocycles. The summed E-state index contributed by atoms with van der Waals surface area (Å²) in [5.41, 5.74) is 2.16. The van der Waals surface area contributed by atoms with Gasteiger partial charge in [0.1, 0.15) is 17.5 Å². The highest BCUT2D eigenvalue weighted by Gasteiger charge is 2.26. The third-order valence-corrected chi connectivity index (χ3v) is 5.34. The van der Waals surface area contributed by atoms with Gasteiger partial charge >= 0.3 is 5.97 Å². The quantitative estimate of drug-likeness (QED) is 0.491. The van der Waals surface area contributed by atoms with Crippen LogP contribution in [0.1, 0.15) is 23.2 Å². The van der Waals surface area contributed by atoms with Crippen LogP contribution in [0.3, 0.4) is 0 Å². The van der Waals surface area contributed by atoms with Crippen LogP contribution >= 0.6 is 23.2 Å². The average Bonchev–Trinajstić information content (AvgIpc) is 3.16. The maximum Gasteiger partial charge on any atom is 0.338 e. The predicted octanol–water partition coefficient (Wildman–Crippen LogP) is 5.59. The van der Waals surface area contributed by atoms with Crippen LogP contribution in [0.5, 0.6) is 0 Å². The molecule has 2 aromatic carbocycles. The van der Waals surface area contributed by atoms with E-state index in [-0.39, 0.29) is 6.10 Å². The van der Waals surface area contributed by atoms with Gasteiger partial charge in [0.05, 0.1) is 12.1 Å². The molecule has 6 nitrogen and oxygen atoms in total. The molecule has 8 heteroatoms. The SMILES string of the molecule is C=CN1CC(OC(=O)c2ccc3nc(-c4cc(Cl)cc(Cl)c4)oc3c2)CCC1=NC. The fraction of sp³-hybridized carbons (Fsp3) is 0.227. The number of esters is 1. The number of nitrogens with zero attached hydrogens (tertiary/aromatic N) is 3. The number of amidine groups is 1. The van der Waals surface area contributed by atoms with Gasteiger partial charge in [-0.05, 0) is 49.0 Å². The Kier molecular flexibility index (Phi) is 5.79. The second-order valence-corrected chi connectivity index (χ2v) is 7.77. The zero-order valence-electron chi connectivity index (χ0n) is 16.3. The molecule has 0 radical (unpaired) electrons. The molecule has 0 bridgehead atoms. The molecule has 1 unspecified atom stereocenters. The van der Waals surface area contributed by atoms with Crippen LogP contribution in [0.25, 0.3) is 22.6 Å². The van der Waals surface area contributed by atoms with Gasteiger partial charge in [0.2, 0.25) is 5.89 Å². The van der Waals surface area contributed by atoms with Crippen molar-refractivity contribution in [3.05, 3.63) is 64.8 Å². The molecular weight excluding hydrogens is 425 g/mol. The molecule has 0 N–H and O–H groups in total. The topological polar surface area (TPSA) is 67.9 Å². The highest BCUT2D eigenvalue weighted by atomic mass is 35.5. The van der Waals surface area contributed by atoms with Crippen LogP contribution in [0.4, 0.5) is 0 Å². The normalized spacial score (nSPS) is 18.0. The number of benzene rings is 2. The van der Waals surface area contributed by atoms with Crippen molar-refractivity contribution in [2.75, 3.05) is 13.6 Å². The second-order valence-electron chi connectivity index (χ2n) is 6.90. The Hall–Kier alpha value is -2.83. The highest BCUT2D eigenvalue weighted by Crippen LogP contribution is 2.30. The van der Waals surface area contributed by atoms with E-state index in [2.05, 4.69) is 16.6 Å². The van der Waals surface area contributed by atoms with E-state index >= 15 is 0 Å². The molecule has 0 aliphatic carbocycles. The van der Waals surface area contributed by atoms with E-state index in [4.69, 9.17) is 32.4 Å². The Morgan fingerprint density at radius 2 is 2.07 bits per heavy atom. The maximum absolute atomic E-state index is 12.7. The number of halogens is 2. The Labute approximate surface area is 183 Å². The fourth-order valence-electron chi connectivity index (χ4n) is 3.44. The molecule has 0 spiro atoms. The summed E-state index contributed by atoms with van der Waals surface area (Å²) in [5, 5.41) is 0.975. The minimum absolute atomic E-state index is 0.240. The first-order valence-corrected chi connectivity index (χ1v) is 10.2. The predicted molar refractivity (Wildman–Crippen MR) is 118 cm³/mol. The molecule has 3 aromatic rings. The van der Waals surface area contributed by atoms with Crippen LogP contribution in [0, 0.1) is 0 Å². The summed E-state index contributed by atoms with van der Waals surface area (Å²) in [7, 11) is 1.75. The number of ether oxygens (including phenoxy) is 1. The molecule has 4 rings (SSSR count). The van der Waals surface area contributed by atoms with Crippen molar-refractivity contribution in [3.8, 4) is 11.5 Å². The summed E-state index contributed by atoms with van der Waals surface area (Å²) in [4.78, 5) is 23.3. The van der Waals surface area contributed by atoms with E-state index in [9.17, 15) is 4.79 Å². The largest absolute Gasteiger partial charge is 0.457 e. The lowest BCUT2D eigenvalue weighted by atomic mass is 10.1. The van der Waals surface area contributed by atoms with Gasteiger partial charge in [0, 0.05) is 29.1 Å². The van der Waals surface area contributed by atoms with Crippen LogP contribution in [-0.4, -0.2) is 41.4 Å². The van der Waals surface area contributed by atoms with Crippen LogP contribution in [0.15, 0.2) is 58.6 Å². The summed E-state index contributed by atoms with van der Waals surface area (Å²) in [6.45, 7) is 4.33. The van der Waals surface area contributed by atoms with E-state index < -0.39 is 5.97 Å². The lowest BCUT2D eigenvalue weighted by Gasteiger charge is -2.32. The number of aromatic nitrogens is 1.